The van der Waals surface area contributed by atoms with Crippen molar-refractivity contribution in [2.45, 2.75) is 44.9 Å². The number of hydrogen-bond donors (Lipinski definition) is 1. The second kappa shape index (κ2) is 4.82. The zero-order valence-electron chi connectivity index (χ0n) is 11.2. The molecule has 0 bridgehead atoms. The lowest BCUT2D eigenvalue weighted by Gasteiger charge is -2.40. The molecular formula is C15H19F3O. The van der Waals surface area contributed by atoms with Crippen molar-refractivity contribution in [1.82, 2.24) is 0 Å². The molecule has 1 aliphatic carbocycles. The summed E-state index contributed by atoms with van der Waals surface area (Å²) in [6.07, 6.45) is -2.88. The summed E-state index contributed by atoms with van der Waals surface area (Å²) < 4.78 is 39.1. The zero-order chi connectivity index (χ0) is 14.3. The predicted molar refractivity (Wildman–Crippen MR) is 67.5 cm³/mol. The Kier molecular flexibility index (Phi) is 3.65. The van der Waals surface area contributed by atoms with Gasteiger partial charge in [-0.15, -0.1) is 0 Å². The Labute approximate surface area is 111 Å². The Morgan fingerprint density at radius 2 is 1.79 bits per heavy atom. The van der Waals surface area contributed by atoms with E-state index in [2.05, 4.69) is 6.92 Å². The third kappa shape index (κ3) is 2.78. The highest BCUT2D eigenvalue weighted by molar-refractivity contribution is 5.35. The SMILES string of the molecule is CC1CCC(O)(c2ccccc2C(F)(F)F)CC1C. The smallest absolute Gasteiger partial charge is 0.385 e. The first kappa shape index (κ1) is 14.4. The molecule has 0 saturated heterocycles. The van der Waals surface area contributed by atoms with E-state index in [4.69, 9.17) is 0 Å². The van der Waals surface area contributed by atoms with Crippen LogP contribution in [-0.2, 0) is 11.8 Å². The summed E-state index contributed by atoms with van der Waals surface area (Å²) in [6.45, 7) is 4.07. The number of aliphatic hydroxyl groups is 1. The van der Waals surface area contributed by atoms with Crippen molar-refractivity contribution in [3.05, 3.63) is 35.4 Å². The van der Waals surface area contributed by atoms with Gasteiger partial charge < -0.3 is 5.11 Å². The van der Waals surface area contributed by atoms with Crippen molar-refractivity contribution in [2.75, 3.05) is 0 Å². The molecule has 0 heterocycles. The van der Waals surface area contributed by atoms with Gasteiger partial charge in [0.05, 0.1) is 11.2 Å². The van der Waals surface area contributed by atoms with Crippen LogP contribution in [0.15, 0.2) is 24.3 Å². The van der Waals surface area contributed by atoms with Crippen molar-refractivity contribution in [1.29, 1.82) is 0 Å². The maximum atomic E-state index is 13.0. The van der Waals surface area contributed by atoms with Crippen LogP contribution >= 0.6 is 0 Å². The molecule has 1 N–H and O–H groups in total. The van der Waals surface area contributed by atoms with E-state index in [1.54, 1.807) is 6.07 Å². The quantitative estimate of drug-likeness (QED) is 0.806. The predicted octanol–water partition coefficient (Wildman–Crippen LogP) is 4.35. The molecule has 2 rings (SSSR count). The summed E-state index contributed by atoms with van der Waals surface area (Å²) >= 11 is 0. The van der Waals surface area contributed by atoms with Crippen molar-refractivity contribution in [3.8, 4) is 0 Å². The Balaban J connectivity index is 2.42. The normalized spacial score (nSPS) is 32.3. The van der Waals surface area contributed by atoms with Gasteiger partial charge in [-0.05, 0) is 42.7 Å². The highest BCUT2D eigenvalue weighted by atomic mass is 19.4. The molecule has 0 radical (unpaired) electrons. The van der Waals surface area contributed by atoms with Crippen LogP contribution in [0.25, 0.3) is 0 Å². The zero-order valence-corrected chi connectivity index (χ0v) is 11.2. The maximum absolute atomic E-state index is 13.0. The lowest BCUT2D eigenvalue weighted by molar-refractivity contribution is -0.142. The minimum absolute atomic E-state index is 0.0289. The van der Waals surface area contributed by atoms with E-state index >= 15 is 0 Å². The van der Waals surface area contributed by atoms with Gasteiger partial charge in [0.25, 0.3) is 0 Å². The summed E-state index contributed by atoms with van der Waals surface area (Å²) in [5.74, 6) is 0.665. The molecule has 3 atom stereocenters. The van der Waals surface area contributed by atoms with E-state index in [1.807, 2.05) is 6.92 Å². The van der Waals surface area contributed by atoms with Crippen LogP contribution in [0.2, 0.25) is 0 Å². The number of rotatable bonds is 1. The molecule has 4 heteroatoms. The van der Waals surface area contributed by atoms with Gasteiger partial charge in [0.2, 0.25) is 0 Å². The minimum atomic E-state index is -4.42. The van der Waals surface area contributed by atoms with Crippen molar-refractivity contribution >= 4 is 0 Å². The van der Waals surface area contributed by atoms with Crippen LogP contribution in [-0.4, -0.2) is 5.11 Å². The van der Waals surface area contributed by atoms with Gasteiger partial charge in [-0.25, -0.2) is 0 Å². The van der Waals surface area contributed by atoms with Crippen LogP contribution in [0.4, 0.5) is 13.2 Å². The fourth-order valence-electron chi connectivity index (χ4n) is 2.97. The Morgan fingerprint density at radius 3 is 2.37 bits per heavy atom. The molecule has 1 nitrogen and oxygen atoms in total. The van der Waals surface area contributed by atoms with Gasteiger partial charge in [-0.2, -0.15) is 13.2 Å². The van der Waals surface area contributed by atoms with Crippen LogP contribution in [0.1, 0.15) is 44.2 Å². The fourth-order valence-corrected chi connectivity index (χ4v) is 2.97. The van der Waals surface area contributed by atoms with E-state index in [0.29, 0.717) is 18.8 Å². The van der Waals surface area contributed by atoms with Gasteiger partial charge in [-0.1, -0.05) is 32.0 Å². The summed E-state index contributed by atoms with van der Waals surface area (Å²) in [7, 11) is 0. The highest BCUT2D eigenvalue weighted by Gasteiger charge is 2.43. The second-order valence-corrected chi connectivity index (χ2v) is 5.77. The molecule has 1 aliphatic rings. The topological polar surface area (TPSA) is 20.2 Å². The van der Waals surface area contributed by atoms with Crippen molar-refractivity contribution < 1.29 is 18.3 Å². The molecule has 1 aromatic carbocycles. The Bertz CT molecular complexity index is 455. The number of benzene rings is 1. The first-order valence-electron chi connectivity index (χ1n) is 6.63. The molecular weight excluding hydrogens is 253 g/mol. The molecule has 0 amide bonds. The number of alkyl halides is 3. The molecule has 19 heavy (non-hydrogen) atoms. The molecule has 1 fully saturated rings. The number of halogens is 3. The molecule has 0 spiro atoms. The van der Waals surface area contributed by atoms with Gasteiger partial charge in [0, 0.05) is 0 Å². The summed E-state index contributed by atoms with van der Waals surface area (Å²) in [5, 5.41) is 10.7. The van der Waals surface area contributed by atoms with E-state index in [0.717, 1.165) is 12.5 Å². The van der Waals surface area contributed by atoms with Crippen molar-refractivity contribution in [2.24, 2.45) is 11.8 Å². The second-order valence-electron chi connectivity index (χ2n) is 5.77. The number of hydrogen-bond acceptors (Lipinski definition) is 1. The van der Waals surface area contributed by atoms with E-state index in [-0.39, 0.29) is 11.5 Å². The molecule has 1 saturated carbocycles. The lowest BCUT2D eigenvalue weighted by Crippen LogP contribution is -2.37. The standard InChI is InChI=1S/C15H19F3O/c1-10-7-8-14(19,9-11(10)2)12-5-3-4-6-13(12)15(16,17)18/h3-6,10-11,19H,7-9H2,1-2H3. The fraction of sp³-hybridized carbons (Fsp3) is 0.600. The minimum Gasteiger partial charge on any atom is -0.385 e. The van der Waals surface area contributed by atoms with Gasteiger partial charge in [0.15, 0.2) is 0 Å². The van der Waals surface area contributed by atoms with Gasteiger partial charge in [0.1, 0.15) is 0 Å². The average molecular weight is 272 g/mol. The largest absolute Gasteiger partial charge is 0.416 e. The monoisotopic (exact) mass is 272 g/mol. The highest BCUT2D eigenvalue weighted by Crippen LogP contribution is 2.46. The van der Waals surface area contributed by atoms with Crippen LogP contribution < -0.4 is 0 Å². The molecule has 0 aliphatic heterocycles. The molecule has 0 aromatic heterocycles. The van der Waals surface area contributed by atoms with E-state index < -0.39 is 17.3 Å². The van der Waals surface area contributed by atoms with Crippen molar-refractivity contribution in [3.63, 3.8) is 0 Å². The molecule has 106 valence electrons. The van der Waals surface area contributed by atoms with Crippen LogP contribution in [0, 0.1) is 11.8 Å². The summed E-state index contributed by atoms with van der Waals surface area (Å²) in [6, 6.07) is 5.39. The Hall–Kier alpha value is -1.03. The van der Waals surface area contributed by atoms with Gasteiger partial charge in [-0.3, -0.25) is 0 Å². The first-order valence-corrected chi connectivity index (χ1v) is 6.63. The van der Waals surface area contributed by atoms with Crippen LogP contribution in [0.3, 0.4) is 0 Å². The third-order valence-corrected chi connectivity index (χ3v) is 4.38. The van der Waals surface area contributed by atoms with E-state index in [9.17, 15) is 18.3 Å². The Morgan fingerprint density at radius 1 is 1.16 bits per heavy atom. The van der Waals surface area contributed by atoms with E-state index in [1.165, 1.54) is 12.1 Å². The first-order chi connectivity index (χ1) is 8.74. The summed E-state index contributed by atoms with van der Waals surface area (Å²) in [5.41, 5.74) is -2.03. The third-order valence-electron chi connectivity index (χ3n) is 4.38. The maximum Gasteiger partial charge on any atom is 0.416 e. The van der Waals surface area contributed by atoms with Crippen LogP contribution in [0.5, 0.6) is 0 Å². The average Bonchev–Trinajstić information content (AvgIpc) is 2.33. The summed E-state index contributed by atoms with van der Waals surface area (Å²) in [4.78, 5) is 0. The molecule has 3 unspecified atom stereocenters. The molecule has 1 aromatic rings. The van der Waals surface area contributed by atoms with Gasteiger partial charge >= 0.3 is 6.18 Å². The lowest BCUT2D eigenvalue weighted by atomic mass is 9.69.